The van der Waals surface area contributed by atoms with Gasteiger partial charge in [0.2, 0.25) is 0 Å². The van der Waals surface area contributed by atoms with Crippen LogP contribution in [0.15, 0.2) is 11.6 Å². The number of methoxy groups -OCH3 is 1. The van der Waals surface area contributed by atoms with E-state index in [2.05, 4.69) is 19.9 Å². The molecule has 0 radical (unpaired) electrons. The zero-order chi connectivity index (χ0) is 18.0. The van der Waals surface area contributed by atoms with E-state index in [0.717, 1.165) is 25.7 Å². The molecule has 3 saturated carbocycles. The molecule has 0 aromatic rings. The average Bonchev–Trinajstić information content (AvgIpc) is 2.92. The van der Waals surface area contributed by atoms with Crippen molar-refractivity contribution in [1.82, 2.24) is 0 Å². The van der Waals surface area contributed by atoms with E-state index < -0.39 is 0 Å². The van der Waals surface area contributed by atoms with Crippen molar-refractivity contribution in [2.45, 2.75) is 77.9 Å². The highest BCUT2D eigenvalue weighted by Crippen LogP contribution is 2.66. The first kappa shape index (κ1) is 17.7. The van der Waals surface area contributed by atoms with E-state index in [9.17, 15) is 9.90 Å². The maximum Gasteiger partial charge on any atom is 0.133 e. The topological polar surface area (TPSA) is 46.5 Å². The Labute approximate surface area is 152 Å². The van der Waals surface area contributed by atoms with Gasteiger partial charge in [-0.3, -0.25) is 4.79 Å². The number of aliphatic hydroxyl groups excluding tert-OH is 1. The van der Waals surface area contributed by atoms with Gasteiger partial charge in [-0.05, 0) is 68.6 Å². The molecular formula is C22H34O3. The molecule has 0 aromatic carbocycles. The van der Waals surface area contributed by atoms with Crippen LogP contribution in [0.3, 0.4) is 0 Å². The maximum atomic E-state index is 12.2. The minimum atomic E-state index is -0.261. The van der Waals surface area contributed by atoms with Gasteiger partial charge in [0, 0.05) is 24.9 Å². The predicted molar refractivity (Wildman–Crippen MR) is 98.1 cm³/mol. The van der Waals surface area contributed by atoms with Gasteiger partial charge in [-0.15, -0.1) is 0 Å². The van der Waals surface area contributed by atoms with Crippen molar-refractivity contribution in [1.29, 1.82) is 0 Å². The van der Waals surface area contributed by atoms with Crippen LogP contribution >= 0.6 is 0 Å². The van der Waals surface area contributed by atoms with E-state index in [1.165, 1.54) is 24.8 Å². The molecule has 3 nitrogen and oxygen atoms in total. The summed E-state index contributed by atoms with van der Waals surface area (Å²) in [6, 6.07) is 0. The number of carbonyl (C=O) groups is 1. The lowest BCUT2D eigenvalue weighted by Gasteiger charge is -2.59. The molecule has 8 atom stereocenters. The Kier molecular flexibility index (Phi) is 4.20. The number of Topliss-reactive ketones (excluding diaryl/α,β-unsaturated/α-hetero) is 1. The minimum absolute atomic E-state index is 0.0620. The largest absolute Gasteiger partial charge is 0.393 e. The summed E-state index contributed by atoms with van der Waals surface area (Å²) in [5, 5.41) is 10.3. The van der Waals surface area contributed by atoms with Crippen molar-refractivity contribution >= 4 is 5.78 Å². The number of ether oxygens (including phenoxy) is 1. The number of hydrogen-bond acceptors (Lipinski definition) is 3. The Morgan fingerprint density at radius 2 is 2.00 bits per heavy atom. The Morgan fingerprint density at radius 1 is 1.24 bits per heavy atom. The molecule has 4 unspecified atom stereocenters. The number of hydrogen-bond donors (Lipinski definition) is 1. The van der Waals surface area contributed by atoms with Crippen LogP contribution in [0.1, 0.15) is 65.7 Å². The van der Waals surface area contributed by atoms with Crippen molar-refractivity contribution in [2.75, 3.05) is 7.11 Å². The van der Waals surface area contributed by atoms with Gasteiger partial charge >= 0.3 is 0 Å². The third-order valence-electron chi connectivity index (χ3n) is 8.92. The Morgan fingerprint density at radius 3 is 2.68 bits per heavy atom. The first-order chi connectivity index (χ1) is 11.8. The van der Waals surface area contributed by atoms with Crippen LogP contribution in [0.4, 0.5) is 0 Å². The molecule has 140 valence electrons. The summed E-state index contributed by atoms with van der Waals surface area (Å²) < 4.78 is 5.92. The lowest BCUT2D eigenvalue weighted by atomic mass is 9.46. The van der Waals surface area contributed by atoms with Crippen LogP contribution in [0.25, 0.3) is 0 Å². The number of allylic oxidation sites excluding steroid dienone is 1. The van der Waals surface area contributed by atoms with Gasteiger partial charge in [-0.25, -0.2) is 0 Å². The summed E-state index contributed by atoms with van der Waals surface area (Å²) >= 11 is 0. The second-order valence-electron chi connectivity index (χ2n) is 9.73. The van der Waals surface area contributed by atoms with Crippen LogP contribution < -0.4 is 0 Å². The molecule has 4 aliphatic rings. The molecule has 0 spiro atoms. The van der Waals surface area contributed by atoms with Crippen molar-refractivity contribution in [3.8, 4) is 0 Å². The van der Waals surface area contributed by atoms with E-state index in [1.807, 2.05) is 7.11 Å². The monoisotopic (exact) mass is 346 g/mol. The van der Waals surface area contributed by atoms with Crippen LogP contribution in [-0.2, 0) is 9.53 Å². The van der Waals surface area contributed by atoms with Crippen LogP contribution in [0, 0.1) is 34.5 Å². The van der Waals surface area contributed by atoms with E-state index in [0.29, 0.717) is 23.5 Å². The number of rotatable bonds is 2. The maximum absolute atomic E-state index is 12.2. The fraction of sp³-hybridized carbons (Fsp3) is 0.864. The summed E-state index contributed by atoms with van der Waals surface area (Å²) in [6.07, 6.45) is 9.65. The lowest BCUT2D eigenvalue weighted by molar-refractivity contribution is -0.133. The van der Waals surface area contributed by atoms with Gasteiger partial charge < -0.3 is 9.84 Å². The molecule has 0 aliphatic heterocycles. The Hall–Kier alpha value is -0.670. The first-order valence-electron chi connectivity index (χ1n) is 10.2. The fourth-order valence-electron chi connectivity index (χ4n) is 7.68. The lowest BCUT2D eigenvalue weighted by Crippen LogP contribution is -2.56. The molecular weight excluding hydrogens is 312 g/mol. The second kappa shape index (κ2) is 5.92. The molecule has 0 saturated heterocycles. The van der Waals surface area contributed by atoms with Gasteiger partial charge in [-0.1, -0.05) is 25.5 Å². The minimum Gasteiger partial charge on any atom is -0.393 e. The van der Waals surface area contributed by atoms with Crippen molar-refractivity contribution in [2.24, 2.45) is 34.5 Å². The smallest absolute Gasteiger partial charge is 0.133 e. The third kappa shape index (κ3) is 2.34. The van der Waals surface area contributed by atoms with Crippen LogP contribution in [0.5, 0.6) is 0 Å². The third-order valence-corrected chi connectivity index (χ3v) is 8.92. The summed E-state index contributed by atoms with van der Waals surface area (Å²) in [7, 11) is 1.81. The zero-order valence-electron chi connectivity index (χ0n) is 16.3. The van der Waals surface area contributed by atoms with Crippen molar-refractivity contribution in [3.63, 3.8) is 0 Å². The molecule has 3 heteroatoms. The molecule has 3 fully saturated rings. The molecule has 0 aromatic heterocycles. The first-order valence-corrected chi connectivity index (χ1v) is 10.2. The predicted octanol–water partition coefficient (Wildman–Crippen LogP) is 4.14. The summed E-state index contributed by atoms with van der Waals surface area (Å²) in [4.78, 5) is 12.2. The van der Waals surface area contributed by atoms with Crippen molar-refractivity contribution < 1.29 is 14.6 Å². The van der Waals surface area contributed by atoms with E-state index in [1.54, 1.807) is 6.92 Å². The Balaban J connectivity index is 1.70. The molecule has 0 heterocycles. The van der Waals surface area contributed by atoms with Crippen LogP contribution in [0.2, 0.25) is 0 Å². The van der Waals surface area contributed by atoms with Gasteiger partial charge in [0.1, 0.15) is 5.78 Å². The fourth-order valence-corrected chi connectivity index (χ4v) is 7.68. The highest BCUT2D eigenvalue weighted by atomic mass is 16.5. The highest BCUT2D eigenvalue weighted by Gasteiger charge is 2.61. The summed E-state index contributed by atoms with van der Waals surface area (Å²) in [5.41, 5.74) is 1.70. The summed E-state index contributed by atoms with van der Waals surface area (Å²) in [5.74, 6) is 2.64. The van der Waals surface area contributed by atoms with E-state index >= 15 is 0 Å². The van der Waals surface area contributed by atoms with E-state index in [-0.39, 0.29) is 29.0 Å². The molecule has 4 rings (SSSR count). The van der Waals surface area contributed by atoms with Crippen molar-refractivity contribution in [3.05, 3.63) is 11.6 Å². The summed E-state index contributed by atoms with van der Waals surface area (Å²) in [6.45, 7) is 6.59. The molecule has 1 N–H and O–H groups in total. The second-order valence-corrected chi connectivity index (χ2v) is 9.73. The number of fused-ring (bicyclic) bond motifs is 5. The quantitative estimate of drug-likeness (QED) is 0.764. The number of ketones is 1. The molecule has 0 amide bonds. The number of carbonyl (C=O) groups excluding carboxylic acids is 1. The van der Waals surface area contributed by atoms with Gasteiger partial charge in [-0.2, -0.15) is 0 Å². The standard InChI is InChI=1S/C22H34O3/c1-13(23)17-7-8-18-16-6-5-14-11-15(24)12-20(25-4)22(14,3)19(16)9-10-21(17,18)2/h5,15-20,24H,6-12H2,1-4H3/t15-,16?,17+,18?,19?,20?,21+,22-/m0/s1. The highest BCUT2D eigenvalue weighted by molar-refractivity contribution is 5.79. The molecule has 4 aliphatic carbocycles. The zero-order valence-corrected chi connectivity index (χ0v) is 16.3. The van der Waals surface area contributed by atoms with E-state index in [4.69, 9.17) is 4.74 Å². The SMILES string of the molecule is COC1C[C@@H](O)CC2=CCC3C(CC[C@@]4(C)C3CC[C@@H]4C(C)=O)[C@]21C. The average molecular weight is 347 g/mol. The van der Waals surface area contributed by atoms with Gasteiger partial charge in [0.05, 0.1) is 12.2 Å². The normalized spacial score (nSPS) is 52.0. The number of aliphatic hydroxyl groups is 1. The molecule has 25 heavy (non-hydrogen) atoms. The van der Waals surface area contributed by atoms with Gasteiger partial charge in [0.15, 0.2) is 0 Å². The Bertz CT molecular complexity index is 596. The van der Waals surface area contributed by atoms with Crippen LogP contribution in [-0.4, -0.2) is 30.2 Å². The molecule has 0 bridgehead atoms. The van der Waals surface area contributed by atoms with Gasteiger partial charge in [0.25, 0.3) is 0 Å².